The summed E-state index contributed by atoms with van der Waals surface area (Å²) in [5, 5.41) is 0. The summed E-state index contributed by atoms with van der Waals surface area (Å²) in [4.78, 5) is 12.4. The molecule has 2 aliphatic rings. The Bertz CT molecular complexity index is 555. The largest absolute Gasteiger partial charge is 0.411 e. The molecule has 2 aliphatic carbocycles. The minimum Gasteiger partial charge on any atom is -0.411 e. The van der Waals surface area contributed by atoms with Gasteiger partial charge in [-0.25, -0.2) is 0 Å². The lowest BCUT2D eigenvalue weighted by Crippen LogP contribution is -2.47. The van der Waals surface area contributed by atoms with Crippen LogP contribution in [0.2, 0.25) is 18.1 Å². The fourth-order valence-electron chi connectivity index (χ4n) is 6.16. The Morgan fingerprint density at radius 1 is 1.14 bits per heavy atom. The molecule has 2 saturated carbocycles. The summed E-state index contributed by atoms with van der Waals surface area (Å²) in [6.07, 6.45) is 10.3. The zero-order chi connectivity index (χ0) is 21.2. The molecular formula is C25H46O2Si. The number of allylic oxidation sites excluding steroid dienone is 1. The first-order valence-electron chi connectivity index (χ1n) is 12.0. The van der Waals surface area contributed by atoms with Gasteiger partial charge in [-0.3, -0.25) is 4.79 Å². The van der Waals surface area contributed by atoms with Crippen molar-refractivity contribution >= 4 is 14.1 Å². The number of ketones is 1. The molecule has 0 saturated heterocycles. The highest BCUT2D eigenvalue weighted by atomic mass is 28.4. The maximum absolute atomic E-state index is 12.4. The second-order valence-electron chi connectivity index (χ2n) is 10.5. The smallest absolute Gasteiger partial charge is 0.192 e. The molecule has 0 spiro atoms. The number of hydrogen-bond acceptors (Lipinski definition) is 2. The average Bonchev–Trinajstić information content (AvgIpc) is 3.02. The van der Waals surface area contributed by atoms with Gasteiger partial charge in [0.2, 0.25) is 0 Å². The third-order valence-corrected chi connectivity index (χ3v) is 13.6. The van der Waals surface area contributed by atoms with E-state index < -0.39 is 8.32 Å². The lowest BCUT2D eigenvalue weighted by Gasteiger charge is -2.42. The summed E-state index contributed by atoms with van der Waals surface area (Å²) < 4.78 is 6.86. The fraction of sp³-hybridized carbons (Fsp3) is 0.880. The van der Waals surface area contributed by atoms with Gasteiger partial charge >= 0.3 is 0 Å². The maximum atomic E-state index is 12.4. The Morgan fingerprint density at radius 3 is 2.32 bits per heavy atom. The van der Waals surface area contributed by atoms with Gasteiger partial charge in [-0.05, 0) is 74.9 Å². The van der Waals surface area contributed by atoms with E-state index in [1.165, 1.54) is 31.0 Å². The standard InChI is InChI=1S/C25H46O2Si/c1-9-28(10-2,11-3)27-24(6,7)20(5)15-14-19(4)21-16-17-22-23(26)13-12-18-25(21,22)8/h14-15,19-22H,9-13,16-18H2,1-8H3/t19-,20+,21-,22+,25-/m1/s1. The van der Waals surface area contributed by atoms with Gasteiger partial charge in [0.05, 0.1) is 5.60 Å². The van der Waals surface area contributed by atoms with E-state index in [4.69, 9.17) is 4.43 Å². The van der Waals surface area contributed by atoms with Crippen molar-refractivity contribution in [1.29, 1.82) is 0 Å². The Labute approximate surface area is 176 Å². The van der Waals surface area contributed by atoms with Crippen LogP contribution >= 0.6 is 0 Å². The summed E-state index contributed by atoms with van der Waals surface area (Å²) in [6.45, 7) is 18.6. The summed E-state index contributed by atoms with van der Waals surface area (Å²) in [7, 11) is -1.61. The van der Waals surface area contributed by atoms with Crippen molar-refractivity contribution in [3.8, 4) is 0 Å². The van der Waals surface area contributed by atoms with Gasteiger partial charge in [0.15, 0.2) is 8.32 Å². The lowest BCUT2D eigenvalue weighted by atomic mass is 9.62. The normalized spacial score (nSPS) is 31.2. The van der Waals surface area contributed by atoms with Gasteiger partial charge in [0.25, 0.3) is 0 Å². The van der Waals surface area contributed by atoms with Gasteiger partial charge in [0, 0.05) is 18.3 Å². The molecule has 0 unspecified atom stereocenters. The highest BCUT2D eigenvalue weighted by Crippen LogP contribution is 2.56. The Morgan fingerprint density at radius 2 is 1.75 bits per heavy atom. The number of hydrogen-bond donors (Lipinski definition) is 0. The van der Waals surface area contributed by atoms with E-state index in [9.17, 15) is 4.79 Å². The van der Waals surface area contributed by atoms with Crippen molar-refractivity contribution in [2.75, 3.05) is 0 Å². The van der Waals surface area contributed by atoms with Crippen molar-refractivity contribution in [3.63, 3.8) is 0 Å². The second kappa shape index (κ2) is 9.16. The van der Waals surface area contributed by atoms with E-state index >= 15 is 0 Å². The van der Waals surface area contributed by atoms with E-state index in [2.05, 4.69) is 67.5 Å². The average molecular weight is 407 g/mol. The van der Waals surface area contributed by atoms with Crippen LogP contribution in [0.4, 0.5) is 0 Å². The molecule has 28 heavy (non-hydrogen) atoms. The molecule has 2 nitrogen and oxygen atoms in total. The molecule has 3 heteroatoms. The predicted octanol–water partition coefficient (Wildman–Crippen LogP) is 7.40. The molecule has 0 heterocycles. The zero-order valence-electron chi connectivity index (χ0n) is 19.9. The number of fused-ring (bicyclic) bond motifs is 1. The van der Waals surface area contributed by atoms with E-state index in [-0.39, 0.29) is 11.0 Å². The van der Waals surface area contributed by atoms with Gasteiger partial charge in [-0.1, -0.05) is 53.7 Å². The Kier molecular flexibility index (Phi) is 7.81. The van der Waals surface area contributed by atoms with Crippen LogP contribution in [0.3, 0.4) is 0 Å². The van der Waals surface area contributed by atoms with E-state index in [1.54, 1.807) is 0 Å². The van der Waals surface area contributed by atoms with Crippen LogP contribution in [0.5, 0.6) is 0 Å². The van der Waals surface area contributed by atoms with Crippen LogP contribution in [0.15, 0.2) is 12.2 Å². The number of rotatable bonds is 9. The summed E-state index contributed by atoms with van der Waals surface area (Å²) in [6, 6.07) is 3.60. The lowest BCUT2D eigenvalue weighted by molar-refractivity contribution is -0.129. The molecule has 0 N–H and O–H groups in total. The molecular weight excluding hydrogens is 360 g/mol. The number of carbonyl (C=O) groups is 1. The molecule has 2 fully saturated rings. The molecule has 2 rings (SSSR count). The minimum atomic E-state index is -1.61. The van der Waals surface area contributed by atoms with Crippen molar-refractivity contribution in [3.05, 3.63) is 12.2 Å². The van der Waals surface area contributed by atoms with Gasteiger partial charge < -0.3 is 4.43 Å². The van der Waals surface area contributed by atoms with E-state index in [1.807, 2.05) is 0 Å². The van der Waals surface area contributed by atoms with Crippen molar-refractivity contribution in [1.82, 2.24) is 0 Å². The topological polar surface area (TPSA) is 26.3 Å². The van der Waals surface area contributed by atoms with Crippen molar-refractivity contribution in [2.24, 2.45) is 29.1 Å². The highest BCUT2D eigenvalue weighted by molar-refractivity contribution is 6.73. The highest BCUT2D eigenvalue weighted by Gasteiger charge is 2.52. The summed E-state index contributed by atoms with van der Waals surface area (Å²) >= 11 is 0. The van der Waals surface area contributed by atoms with Crippen LogP contribution in [-0.4, -0.2) is 19.7 Å². The van der Waals surface area contributed by atoms with E-state index in [0.29, 0.717) is 29.5 Å². The SMILES string of the molecule is CC[Si](CC)(CC)OC(C)(C)[C@@H](C)C=C[C@@H](C)[C@H]1CC[C@H]2C(=O)CCC[C@]12C. The Balaban J connectivity index is 2.06. The minimum absolute atomic E-state index is 0.118. The van der Waals surface area contributed by atoms with Gasteiger partial charge in [-0.15, -0.1) is 0 Å². The molecule has 0 aromatic heterocycles. The first kappa shape index (κ1) is 23.9. The van der Waals surface area contributed by atoms with Gasteiger partial charge in [0.1, 0.15) is 5.78 Å². The van der Waals surface area contributed by atoms with Crippen LogP contribution < -0.4 is 0 Å². The molecule has 0 aliphatic heterocycles. The van der Waals surface area contributed by atoms with Gasteiger partial charge in [-0.2, -0.15) is 0 Å². The van der Waals surface area contributed by atoms with Crippen molar-refractivity contribution in [2.45, 2.75) is 111 Å². The molecule has 0 aromatic carbocycles. The first-order chi connectivity index (χ1) is 13.0. The fourth-order valence-corrected chi connectivity index (χ4v) is 9.39. The molecule has 0 radical (unpaired) electrons. The third-order valence-electron chi connectivity index (χ3n) is 8.78. The second-order valence-corrected chi connectivity index (χ2v) is 15.2. The van der Waals surface area contributed by atoms with Crippen LogP contribution in [0.25, 0.3) is 0 Å². The molecule has 0 aromatic rings. The quantitative estimate of drug-likeness (QED) is 0.294. The molecule has 0 bridgehead atoms. The zero-order valence-corrected chi connectivity index (χ0v) is 20.9. The molecule has 162 valence electrons. The van der Waals surface area contributed by atoms with Crippen molar-refractivity contribution < 1.29 is 9.22 Å². The van der Waals surface area contributed by atoms with Crippen LogP contribution in [-0.2, 0) is 9.22 Å². The summed E-state index contributed by atoms with van der Waals surface area (Å²) in [5.74, 6) is 2.43. The third kappa shape index (κ3) is 4.66. The van der Waals surface area contributed by atoms with Crippen LogP contribution in [0.1, 0.15) is 87.5 Å². The van der Waals surface area contributed by atoms with E-state index in [0.717, 1.165) is 19.3 Å². The molecule has 0 amide bonds. The van der Waals surface area contributed by atoms with Crippen LogP contribution in [0, 0.1) is 29.1 Å². The Hall–Kier alpha value is -0.413. The first-order valence-corrected chi connectivity index (χ1v) is 14.5. The predicted molar refractivity (Wildman–Crippen MR) is 123 cm³/mol. The number of carbonyl (C=O) groups excluding carboxylic acids is 1. The molecule has 5 atom stereocenters. The monoisotopic (exact) mass is 406 g/mol. The maximum Gasteiger partial charge on any atom is 0.192 e. The number of Topliss-reactive ketones (excluding diaryl/α,β-unsaturated/α-hetero) is 1. The summed E-state index contributed by atoms with van der Waals surface area (Å²) in [5.41, 5.74) is 0.108.